The number of amides is 1. The zero-order valence-corrected chi connectivity index (χ0v) is 17.0. The van der Waals surface area contributed by atoms with Crippen molar-refractivity contribution in [1.29, 1.82) is 0 Å². The summed E-state index contributed by atoms with van der Waals surface area (Å²) in [5.74, 6) is -1.60. The Morgan fingerprint density at radius 3 is 2.45 bits per heavy atom. The molecule has 1 aliphatic heterocycles. The van der Waals surface area contributed by atoms with Gasteiger partial charge in [0.15, 0.2) is 5.82 Å². The maximum absolute atomic E-state index is 12.4. The summed E-state index contributed by atoms with van der Waals surface area (Å²) in [5.41, 5.74) is 2.09. The molecule has 0 unspecified atom stereocenters. The fraction of sp³-hybridized carbons (Fsp3) is 0.600. The Kier molecular flexibility index (Phi) is 6.56. The predicted molar refractivity (Wildman–Crippen MR) is 104 cm³/mol. The van der Waals surface area contributed by atoms with Crippen molar-refractivity contribution in [1.82, 2.24) is 24.8 Å². The van der Waals surface area contributed by atoms with Crippen molar-refractivity contribution in [2.24, 2.45) is 7.05 Å². The van der Waals surface area contributed by atoms with Crippen LogP contribution in [0.4, 0.5) is 8.78 Å². The van der Waals surface area contributed by atoms with Crippen molar-refractivity contribution >= 4 is 5.91 Å². The summed E-state index contributed by atoms with van der Waals surface area (Å²) in [5, 5.41) is 2.90. The Labute approximate surface area is 168 Å². The van der Waals surface area contributed by atoms with E-state index in [1.165, 1.54) is 0 Å². The predicted octanol–water partition coefficient (Wildman–Crippen LogP) is 3.32. The van der Waals surface area contributed by atoms with Crippen LogP contribution in [0.25, 0.3) is 11.5 Å². The van der Waals surface area contributed by atoms with Crippen LogP contribution in [-0.4, -0.2) is 50.6 Å². The lowest BCUT2D eigenvalue weighted by molar-refractivity contribution is 0.0844. The van der Waals surface area contributed by atoms with Gasteiger partial charge in [-0.25, -0.2) is 23.7 Å². The van der Waals surface area contributed by atoms with E-state index in [4.69, 9.17) is 9.72 Å². The first-order chi connectivity index (χ1) is 13.7. The first-order valence-electron chi connectivity index (χ1n) is 9.87. The van der Waals surface area contributed by atoms with Gasteiger partial charge in [0, 0.05) is 50.8 Å². The number of aryl methyl sites for hydroxylation is 1. The number of aromatic nitrogens is 4. The minimum atomic E-state index is -2.25. The van der Waals surface area contributed by atoms with Crippen molar-refractivity contribution in [2.45, 2.75) is 57.4 Å². The topological polar surface area (TPSA) is 81.9 Å². The molecule has 1 aliphatic carbocycles. The van der Waals surface area contributed by atoms with Crippen LogP contribution in [0.5, 0.6) is 0 Å². The highest BCUT2D eigenvalue weighted by molar-refractivity contribution is 5.92. The van der Waals surface area contributed by atoms with Crippen LogP contribution in [0, 0.1) is 0 Å². The number of alkyl halides is 2. The van der Waals surface area contributed by atoms with Crippen molar-refractivity contribution in [3.63, 3.8) is 0 Å². The average Bonchev–Trinajstić information content (AvgIpc) is 3.21. The third-order valence-electron chi connectivity index (χ3n) is 4.71. The highest BCUT2D eigenvalue weighted by atomic mass is 19.3. The molecule has 4 rings (SSSR count). The smallest absolute Gasteiger partial charge is 0.270 e. The lowest BCUT2D eigenvalue weighted by Crippen LogP contribution is -2.31. The summed E-state index contributed by atoms with van der Waals surface area (Å²) in [4.78, 5) is 25.8. The highest BCUT2D eigenvalue weighted by Gasteiger charge is 2.43. The summed E-state index contributed by atoms with van der Waals surface area (Å²) in [6, 6.07) is 1.87. The van der Waals surface area contributed by atoms with E-state index in [0.29, 0.717) is 17.4 Å². The molecule has 1 saturated heterocycles. The summed E-state index contributed by atoms with van der Waals surface area (Å²) in [7, 11) is 1.89. The van der Waals surface area contributed by atoms with Gasteiger partial charge in [0.2, 0.25) is 5.92 Å². The molecule has 2 aromatic rings. The van der Waals surface area contributed by atoms with Crippen molar-refractivity contribution in [3.05, 3.63) is 30.0 Å². The standard InChI is InChI=1S/C17H23N5O2.C3H4F2/c1-11(2)19-17(23)14-8-13(12-4-6-24-7-5-12)20-16(21-14)15-9-18-10-22(15)3;4-3(5)1-2-3/h8-12H,4-7H2,1-3H3,(H,19,23);1-2H2. The fourth-order valence-electron chi connectivity index (χ4n) is 2.90. The maximum atomic E-state index is 12.4. The zero-order valence-electron chi connectivity index (χ0n) is 17.0. The highest BCUT2D eigenvalue weighted by Crippen LogP contribution is 2.40. The van der Waals surface area contributed by atoms with Crippen molar-refractivity contribution < 1.29 is 18.3 Å². The third kappa shape index (κ3) is 6.03. The number of nitrogens with one attached hydrogen (secondary N) is 1. The fourth-order valence-corrected chi connectivity index (χ4v) is 2.90. The largest absolute Gasteiger partial charge is 0.381 e. The van der Waals surface area contributed by atoms with E-state index in [-0.39, 0.29) is 24.8 Å². The summed E-state index contributed by atoms with van der Waals surface area (Å²) in [6.45, 7) is 5.31. The van der Waals surface area contributed by atoms with Crippen LogP contribution in [0.3, 0.4) is 0 Å². The first kappa shape index (κ1) is 21.3. The molecule has 29 heavy (non-hydrogen) atoms. The lowest BCUT2D eigenvalue weighted by Gasteiger charge is -2.22. The second kappa shape index (κ2) is 8.94. The molecule has 0 atom stereocenters. The van der Waals surface area contributed by atoms with Crippen molar-refractivity contribution in [3.8, 4) is 11.5 Å². The van der Waals surface area contributed by atoms with Gasteiger partial charge in [0.25, 0.3) is 5.91 Å². The molecule has 1 N–H and O–H groups in total. The summed E-state index contributed by atoms with van der Waals surface area (Å²) in [6.07, 6.45) is 5.47. The van der Waals surface area contributed by atoms with E-state index in [1.54, 1.807) is 12.5 Å². The SMILES string of the molecule is CC(C)NC(=O)c1cc(C2CCOCC2)nc(-c2cncn2C)n1.FC1(F)CC1. The minimum Gasteiger partial charge on any atom is -0.381 e. The third-order valence-corrected chi connectivity index (χ3v) is 4.71. The number of nitrogens with zero attached hydrogens (tertiary/aromatic N) is 4. The van der Waals surface area contributed by atoms with E-state index >= 15 is 0 Å². The molecule has 2 fully saturated rings. The Hall–Kier alpha value is -2.42. The molecular weight excluding hydrogens is 380 g/mol. The van der Waals surface area contributed by atoms with Gasteiger partial charge in [0.05, 0.1) is 12.5 Å². The maximum Gasteiger partial charge on any atom is 0.270 e. The second-order valence-corrected chi connectivity index (χ2v) is 7.76. The number of hydrogen-bond acceptors (Lipinski definition) is 5. The molecule has 3 heterocycles. The van der Waals surface area contributed by atoms with E-state index in [0.717, 1.165) is 37.4 Å². The zero-order chi connectivity index (χ0) is 21.0. The summed E-state index contributed by atoms with van der Waals surface area (Å²) >= 11 is 0. The second-order valence-electron chi connectivity index (χ2n) is 7.76. The van der Waals surface area contributed by atoms with Gasteiger partial charge in [-0.05, 0) is 32.8 Å². The number of halogens is 2. The van der Waals surface area contributed by atoms with Gasteiger partial charge in [0.1, 0.15) is 11.4 Å². The molecule has 2 aliphatic rings. The molecule has 2 aromatic heterocycles. The monoisotopic (exact) mass is 407 g/mol. The van der Waals surface area contributed by atoms with Crippen LogP contribution in [0.15, 0.2) is 18.6 Å². The van der Waals surface area contributed by atoms with Gasteiger partial charge < -0.3 is 14.6 Å². The molecule has 9 heteroatoms. The van der Waals surface area contributed by atoms with E-state index in [2.05, 4.69) is 15.3 Å². The van der Waals surface area contributed by atoms with Gasteiger partial charge in [-0.15, -0.1) is 0 Å². The van der Waals surface area contributed by atoms with Crippen LogP contribution in [0.1, 0.15) is 61.6 Å². The molecule has 7 nitrogen and oxygen atoms in total. The number of ether oxygens (including phenoxy) is 1. The van der Waals surface area contributed by atoms with E-state index in [9.17, 15) is 13.6 Å². The van der Waals surface area contributed by atoms with Crippen LogP contribution < -0.4 is 5.32 Å². The Bertz CT molecular complexity index is 841. The molecule has 0 aromatic carbocycles. The number of carbonyl (C=O) groups is 1. The molecule has 0 radical (unpaired) electrons. The van der Waals surface area contributed by atoms with E-state index in [1.807, 2.05) is 31.5 Å². The average molecular weight is 407 g/mol. The molecule has 0 spiro atoms. The number of rotatable bonds is 4. The Balaban J connectivity index is 0.000000419. The molecule has 1 saturated carbocycles. The normalized spacial score (nSPS) is 18.1. The van der Waals surface area contributed by atoms with Crippen LogP contribution >= 0.6 is 0 Å². The molecule has 0 bridgehead atoms. The van der Waals surface area contributed by atoms with Gasteiger partial charge in [-0.3, -0.25) is 4.79 Å². The minimum absolute atomic E-state index is 0.0548. The molecule has 158 valence electrons. The molecule has 1 amide bonds. The van der Waals surface area contributed by atoms with Crippen LogP contribution in [0.2, 0.25) is 0 Å². The quantitative estimate of drug-likeness (QED) is 0.841. The lowest BCUT2D eigenvalue weighted by atomic mass is 9.95. The Morgan fingerprint density at radius 2 is 1.93 bits per heavy atom. The van der Waals surface area contributed by atoms with Gasteiger partial charge in [-0.2, -0.15) is 0 Å². The first-order valence-corrected chi connectivity index (χ1v) is 9.87. The summed E-state index contributed by atoms with van der Waals surface area (Å²) < 4.78 is 29.6. The van der Waals surface area contributed by atoms with E-state index < -0.39 is 5.92 Å². The van der Waals surface area contributed by atoms with Gasteiger partial charge >= 0.3 is 0 Å². The number of carbonyl (C=O) groups excluding carboxylic acids is 1. The molecular formula is C20H27F2N5O2. The number of hydrogen-bond donors (Lipinski definition) is 1. The van der Waals surface area contributed by atoms with Crippen LogP contribution in [-0.2, 0) is 11.8 Å². The van der Waals surface area contributed by atoms with Crippen molar-refractivity contribution in [2.75, 3.05) is 13.2 Å². The number of imidazole rings is 1. The Morgan fingerprint density at radius 1 is 1.28 bits per heavy atom. The van der Waals surface area contributed by atoms with Gasteiger partial charge in [-0.1, -0.05) is 0 Å².